The van der Waals surface area contributed by atoms with Crippen molar-refractivity contribution < 1.29 is 23.1 Å². The monoisotopic (exact) mass is 476 g/mol. The number of aliphatic hydroxyl groups is 1. The van der Waals surface area contributed by atoms with Gasteiger partial charge in [0.2, 0.25) is 11.8 Å². The average molecular weight is 476 g/mol. The standard InChI is InChI=1S/C25H21FN4O5/c1-13-28-29-23(33-13)20-10-18-21(35-20)19(12-30(4)24(18)31)17-9-14(25(2,3)32)11-27-22(17)34-16-7-5-15(26)6-8-16/h5-12,32H,1-4H3. The summed E-state index contributed by atoms with van der Waals surface area (Å²) >= 11 is 0. The third kappa shape index (κ3) is 4.19. The number of fused-ring (bicyclic) bond motifs is 1. The van der Waals surface area contributed by atoms with Crippen LogP contribution in [-0.4, -0.2) is 24.9 Å². The van der Waals surface area contributed by atoms with Gasteiger partial charge in [-0.2, -0.15) is 0 Å². The second-order valence-corrected chi connectivity index (χ2v) is 8.63. The van der Waals surface area contributed by atoms with Crippen LogP contribution in [0.2, 0.25) is 0 Å². The summed E-state index contributed by atoms with van der Waals surface area (Å²) in [5.41, 5.74) is 0.226. The molecule has 0 saturated heterocycles. The van der Waals surface area contributed by atoms with Crippen molar-refractivity contribution in [1.82, 2.24) is 19.7 Å². The van der Waals surface area contributed by atoms with Crippen LogP contribution >= 0.6 is 0 Å². The molecule has 0 spiro atoms. The number of rotatable bonds is 5. The minimum absolute atomic E-state index is 0.137. The number of hydrogen-bond acceptors (Lipinski definition) is 8. The molecule has 0 aliphatic carbocycles. The predicted octanol–water partition coefficient (Wildman–Crippen LogP) is 4.71. The van der Waals surface area contributed by atoms with Gasteiger partial charge in [-0.3, -0.25) is 4.79 Å². The molecule has 0 unspecified atom stereocenters. The summed E-state index contributed by atoms with van der Waals surface area (Å²) in [4.78, 5) is 17.3. The number of hydrogen-bond donors (Lipinski definition) is 1. The summed E-state index contributed by atoms with van der Waals surface area (Å²) in [5, 5.41) is 18.7. The average Bonchev–Trinajstić information content (AvgIpc) is 3.44. The van der Waals surface area contributed by atoms with Crippen molar-refractivity contribution in [2.75, 3.05) is 0 Å². The Hall–Kier alpha value is -4.31. The molecule has 35 heavy (non-hydrogen) atoms. The van der Waals surface area contributed by atoms with Crippen LogP contribution < -0.4 is 10.3 Å². The molecule has 0 amide bonds. The number of aromatic nitrogens is 4. The summed E-state index contributed by atoms with van der Waals surface area (Å²) in [6, 6.07) is 8.76. The summed E-state index contributed by atoms with van der Waals surface area (Å²) in [6.07, 6.45) is 3.09. The molecular formula is C25H21FN4O5. The Morgan fingerprint density at radius 1 is 1.09 bits per heavy atom. The van der Waals surface area contributed by atoms with Crippen LogP contribution in [0.5, 0.6) is 11.6 Å². The number of pyridine rings is 2. The zero-order valence-electron chi connectivity index (χ0n) is 19.4. The molecular weight excluding hydrogens is 455 g/mol. The zero-order chi connectivity index (χ0) is 24.9. The van der Waals surface area contributed by atoms with Gasteiger partial charge < -0.3 is 23.2 Å². The summed E-state index contributed by atoms with van der Waals surface area (Å²) in [6.45, 7) is 4.91. The third-order valence-electron chi connectivity index (χ3n) is 5.46. The first kappa shape index (κ1) is 22.5. The largest absolute Gasteiger partial charge is 0.450 e. The number of nitrogens with zero attached hydrogens (tertiary/aromatic N) is 4. The number of aryl methyl sites for hydroxylation is 2. The topological polar surface area (TPSA) is 116 Å². The van der Waals surface area contributed by atoms with Crippen molar-refractivity contribution in [2.24, 2.45) is 7.05 Å². The van der Waals surface area contributed by atoms with Crippen molar-refractivity contribution in [2.45, 2.75) is 26.4 Å². The maximum atomic E-state index is 13.4. The van der Waals surface area contributed by atoms with E-state index in [0.717, 1.165) is 0 Å². The Labute approximate surface area is 198 Å². The number of halogens is 1. The Balaban J connectivity index is 1.75. The molecule has 0 aliphatic heterocycles. The highest BCUT2D eigenvalue weighted by molar-refractivity contribution is 5.94. The van der Waals surface area contributed by atoms with Gasteiger partial charge in [-0.25, -0.2) is 9.37 Å². The minimum Gasteiger partial charge on any atom is -0.450 e. The van der Waals surface area contributed by atoms with Crippen LogP contribution in [0, 0.1) is 12.7 Å². The number of ether oxygens (including phenoxy) is 1. The van der Waals surface area contributed by atoms with E-state index in [0.29, 0.717) is 28.3 Å². The van der Waals surface area contributed by atoms with Crippen molar-refractivity contribution in [1.29, 1.82) is 0 Å². The first-order valence-corrected chi connectivity index (χ1v) is 10.7. The Bertz CT molecular complexity index is 1610. The Morgan fingerprint density at radius 3 is 2.49 bits per heavy atom. The molecule has 0 radical (unpaired) electrons. The fraction of sp³-hybridized carbons (Fsp3) is 0.200. The fourth-order valence-corrected chi connectivity index (χ4v) is 3.62. The second-order valence-electron chi connectivity index (χ2n) is 8.63. The van der Waals surface area contributed by atoms with E-state index < -0.39 is 11.4 Å². The maximum absolute atomic E-state index is 13.4. The van der Waals surface area contributed by atoms with E-state index in [1.807, 2.05) is 0 Å². The molecule has 178 valence electrons. The maximum Gasteiger partial charge on any atom is 0.283 e. The van der Waals surface area contributed by atoms with Gasteiger partial charge in [0.1, 0.15) is 17.1 Å². The normalized spacial score (nSPS) is 11.8. The van der Waals surface area contributed by atoms with E-state index in [1.165, 1.54) is 35.0 Å². The number of benzene rings is 1. The fourth-order valence-electron chi connectivity index (χ4n) is 3.62. The first-order chi connectivity index (χ1) is 16.6. The molecule has 0 fully saturated rings. The van der Waals surface area contributed by atoms with E-state index in [-0.39, 0.29) is 34.1 Å². The highest BCUT2D eigenvalue weighted by atomic mass is 19.1. The lowest BCUT2D eigenvalue weighted by atomic mass is 9.96. The highest BCUT2D eigenvalue weighted by Crippen LogP contribution is 2.39. The van der Waals surface area contributed by atoms with Crippen LogP contribution in [0.25, 0.3) is 33.7 Å². The lowest BCUT2D eigenvalue weighted by Gasteiger charge is -2.20. The Kier molecular flexibility index (Phi) is 5.25. The molecule has 5 rings (SSSR count). The van der Waals surface area contributed by atoms with Crippen molar-refractivity contribution in [3.63, 3.8) is 0 Å². The van der Waals surface area contributed by atoms with Gasteiger partial charge in [-0.05, 0) is 44.2 Å². The van der Waals surface area contributed by atoms with Crippen molar-refractivity contribution in [3.05, 3.63) is 76.4 Å². The first-order valence-electron chi connectivity index (χ1n) is 10.7. The van der Waals surface area contributed by atoms with Gasteiger partial charge in [-0.15, -0.1) is 10.2 Å². The molecule has 0 aliphatic rings. The van der Waals surface area contributed by atoms with E-state index in [1.54, 1.807) is 46.1 Å². The van der Waals surface area contributed by atoms with Gasteiger partial charge in [-0.1, -0.05) is 0 Å². The molecule has 10 heteroatoms. The summed E-state index contributed by atoms with van der Waals surface area (Å²) < 4.78 is 32.3. The van der Waals surface area contributed by atoms with Gasteiger partial charge in [0, 0.05) is 43.6 Å². The smallest absolute Gasteiger partial charge is 0.283 e. The quantitative estimate of drug-likeness (QED) is 0.388. The van der Waals surface area contributed by atoms with Gasteiger partial charge in [0.05, 0.1) is 16.6 Å². The van der Waals surface area contributed by atoms with Gasteiger partial charge >= 0.3 is 0 Å². The molecule has 1 N–H and O–H groups in total. The molecule has 4 aromatic heterocycles. The molecule has 9 nitrogen and oxygen atoms in total. The van der Waals surface area contributed by atoms with E-state index in [2.05, 4.69) is 15.2 Å². The zero-order valence-corrected chi connectivity index (χ0v) is 19.4. The van der Waals surface area contributed by atoms with Crippen molar-refractivity contribution in [3.8, 4) is 34.4 Å². The minimum atomic E-state index is -1.20. The van der Waals surface area contributed by atoms with Crippen LogP contribution in [-0.2, 0) is 12.6 Å². The van der Waals surface area contributed by atoms with Gasteiger partial charge in [0.25, 0.3) is 11.4 Å². The molecule has 5 aromatic rings. The predicted molar refractivity (Wildman–Crippen MR) is 124 cm³/mol. The number of furan rings is 1. The molecule has 0 saturated carbocycles. The van der Waals surface area contributed by atoms with Crippen LogP contribution in [0.3, 0.4) is 0 Å². The lowest BCUT2D eigenvalue weighted by molar-refractivity contribution is 0.0782. The third-order valence-corrected chi connectivity index (χ3v) is 5.46. The van der Waals surface area contributed by atoms with Gasteiger partial charge in [0.15, 0.2) is 5.76 Å². The van der Waals surface area contributed by atoms with E-state index in [9.17, 15) is 14.3 Å². The molecule has 0 atom stereocenters. The molecule has 4 heterocycles. The second kappa shape index (κ2) is 8.17. The van der Waals surface area contributed by atoms with Crippen LogP contribution in [0.15, 0.2) is 62.4 Å². The van der Waals surface area contributed by atoms with E-state index in [4.69, 9.17) is 13.6 Å². The van der Waals surface area contributed by atoms with E-state index >= 15 is 0 Å². The van der Waals surface area contributed by atoms with Crippen molar-refractivity contribution >= 4 is 11.0 Å². The SMILES string of the molecule is Cc1nnc(-c2cc3c(=O)n(C)cc(-c4cc(C(C)(C)O)cnc4Oc4ccc(F)cc4)c3o2)o1. The van der Waals surface area contributed by atoms with Crippen LogP contribution in [0.4, 0.5) is 4.39 Å². The molecule has 1 aromatic carbocycles. The summed E-state index contributed by atoms with van der Waals surface area (Å²) in [7, 11) is 1.61. The lowest BCUT2D eigenvalue weighted by Crippen LogP contribution is -2.17. The molecule has 0 bridgehead atoms. The Morgan fingerprint density at radius 2 is 1.83 bits per heavy atom. The summed E-state index contributed by atoms with van der Waals surface area (Å²) in [5.74, 6) is 0.859. The highest BCUT2D eigenvalue weighted by Gasteiger charge is 2.24. The van der Waals surface area contributed by atoms with Crippen LogP contribution in [0.1, 0.15) is 25.3 Å².